The molecule has 19 heavy (non-hydrogen) atoms. The summed E-state index contributed by atoms with van der Waals surface area (Å²) in [6, 6.07) is -0.0750. The SMILES string of the molecule is CCC(N)C(CC(=O)OC)c1csc(C(C)(C)C)n1. The first kappa shape index (κ1) is 16.1. The molecule has 0 saturated carbocycles. The highest BCUT2D eigenvalue weighted by Crippen LogP contribution is 2.31. The fourth-order valence-corrected chi connectivity index (χ4v) is 2.80. The predicted octanol–water partition coefficient (Wildman–Crippen LogP) is 2.82. The van der Waals surface area contributed by atoms with E-state index in [0.717, 1.165) is 17.1 Å². The molecule has 2 atom stereocenters. The lowest BCUT2D eigenvalue weighted by atomic mass is 9.92. The van der Waals surface area contributed by atoms with Gasteiger partial charge in [-0.2, -0.15) is 0 Å². The highest BCUT2D eigenvalue weighted by atomic mass is 32.1. The molecule has 0 aliphatic rings. The van der Waals surface area contributed by atoms with Gasteiger partial charge in [0.15, 0.2) is 0 Å². The maximum absolute atomic E-state index is 11.5. The van der Waals surface area contributed by atoms with Gasteiger partial charge in [0, 0.05) is 22.8 Å². The Morgan fingerprint density at radius 1 is 1.53 bits per heavy atom. The molecule has 0 aliphatic carbocycles. The smallest absolute Gasteiger partial charge is 0.306 e. The lowest BCUT2D eigenvalue weighted by Gasteiger charge is -2.20. The van der Waals surface area contributed by atoms with Crippen molar-refractivity contribution in [1.82, 2.24) is 4.98 Å². The number of esters is 1. The van der Waals surface area contributed by atoms with E-state index in [0.29, 0.717) is 6.42 Å². The molecule has 108 valence electrons. The number of aromatic nitrogens is 1. The Balaban J connectivity index is 2.97. The Kier molecular flexibility index (Phi) is 5.50. The Bertz CT molecular complexity index is 423. The summed E-state index contributed by atoms with van der Waals surface area (Å²) in [7, 11) is 1.40. The molecule has 2 unspecified atom stereocenters. The number of carbonyl (C=O) groups is 1. The van der Waals surface area contributed by atoms with E-state index in [1.807, 2.05) is 12.3 Å². The van der Waals surface area contributed by atoms with Gasteiger partial charge in [-0.25, -0.2) is 4.98 Å². The molecule has 0 aliphatic heterocycles. The average molecular weight is 284 g/mol. The summed E-state index contributed by atoms with van der Waals surface area (Å²) < 4.78 is 4.75. The van der Waals surface area contributed by atoms with Crippen molar-refractivity contribution in [2.75, 3.05) is 7.11 Å². The van der Waals surface area contributed by atoms with Gasteiger partial charge in [0.05, 0.1) is 24.2 Å². The number of carbonyl (C=O) groups excluding carboxylic acids is 1. The monoisotopic (exact) mass is 284 g/mol. The lowest BCUT2D eigenvalue weighted by molar-refractivity contribution is -0.141. The summed E-state index contributed by atoms with van der Waals surface area (Å²) >= 11 is 1.63. The van der Waals surface area contributed by atoms with Crippen LogP contribution < -0.4 is 5.73 Å². The molecule has 5 heteroatoms. The largest absolute Gasteiger partial charge is 0.469 e. The van der Waals surface area contributed by atoms with Crippen molar-refractivity contribution >= 4 is 17.3 Å². The van der Waals surface area contributed by atoms with Gasteiger partial charge < -0.3 is 10.5 Å². The second kappa shape index (κ2) is 6.48. The van der Waals surface area contributed by atoms with Crippen LogP contribution in [0.5, 0.6) is 0 Å². The molecule has 0 spiro atoms. The molecule has 0 saturated heterocycles. The molecular formula is C14H24N2O2S. The Labute approximate surface area is 119 Å². The Morgan fingerprint density at radius 3 is 2.58 bits per heavy atom. The van der Waals surface area contributed by atoms with Crippen LogP contribution >= 0.6 is 11.3 Å². The van der Waals surface area contributed by atoms with Gasteiger partial charge >= 0.3 is 5.97 Å². The number of nitrogens with two attached hydrogens (primary N) is 1. The molecule has 1 heterocycles. The summed E-state index contributed by atoms with van der Waals surface area (Å²) in [5.41, 5.74) is 7.06. The number of thiazole rings is 1. The Morgan fingerprint density at radius 2 is 2.16 bits per heavy atom. The molecule has 0 amide bonds. The Hall–Kier alpha value is -0.940. The van der Waals surface area contributed by atoms with Crippen LogP contribution in [0, 0.1) is 0 Å². The number of hydrogen-bond donors (Lipinski definition) is 1. The maximum atomic E-state index is 11.5. The molecule has 2 N–H and O–H groups in total. The summed E-state index contributed by atoms with van der Waals surface area (Å²) in [4.78, 5) is 16.2. The normalized spacial score (nSPS) is 15.1. The predicted molar refractivity (Wildman–Crippen MR) is 78.5 cm³/mol. The van der Waals surface area contributed by atoms with Crippen molar-refractivity contribution in [3.8, 4) is 0 Å². The number of rotatable bonds is 5. The average Bonchev–Trinajstić information content (AvgIpc) is 2.83. The van der Waals surface area contributed by atoms with Crippen LogP contribution in [0.2, 0.25) is 0 Å². The maximum Gasteiger partial charge on any atom is 0.306 e. The van der Waals surface area contributed by atoms with Gasteiger partial charge in [-0.15, -0.1) is 11.3 Å². The lowest BCUT2D eigenvalue weighted by Crippen LogP contribution is -2.30. The van der Waals surface area contributed by atoms with Crippen molar-refractivity contribution in [1.29, 1.82) is 0 Å². The molecule has 0 fully saturated rings. The zero-order valence-corrected chi connectivity index (χ0v) is 13.2. The van der Waals surface area contributed by atoms with E-state index in [2.05, 4.69) is 25.8 Å². The third-order valence-electron chi connectivity index (χ3n) is 3.15. The van der Waals surface area contributed by atoms with Crippen LogP contribution in [-0.2, 0) is 14.9 Å². The van der Waals surface area contributed by atoms with Crippen LogP contribution in [0.15, 0.2) is 5.38 Å². The summed E-state index contributed by atoms with van der Waals surface area (Å²) in [6.07, 6.45) is 1.10. The second-order valence-electron chi connectivity index (χ2n) is 5.79. The number of nitrogens with zero attached hydrogens (tertiary/aromatic N) is 1. The number of methoxy groups -OCH3 is 1. The molecule has 4 nitrogen and oxygen atoms in total. The van der Waals surface area contributed by atoms with Gasteiger partial charge in [0.1, 0.15) is 0 Å². The molecular weight excluding hydrogens is 260 g/mol. The highest BCUT2D eigenvalue weighted by molar-refractivity contribution is 7.09. The van der Waals surface area contributed by atoms with Crippen LogP contribution in [0.4, 0.5) is 0 Å². The van der Waals surface area contributed by atoms with Crippen molar-refractivity contribution in [3.05, 3.63) is 16.1 Å². The van der Waals surface area contributed by atoms with E-state index in [9.17, 15) is 4.79 Å². The van der Waals surface area contributed by atoms with Crippen molar-refractivity contribution < 1.29 is 9.53 Å². The molecule has 0 bridgehead atoms. The van der Waals surface area contributed by atoms with E-state index in [1.165, 1.54) is 7.11 Å². The van der Waals surface area contributed by atoms with Crippen LogP contribution in [0.1, 0.15) is 57.2 Å². The van der Waals surface area contributed by atoms with Crippen LogP contribution in [-0.4, -0.2) is 24.1 Å². The van der Waals surface area contributed by atoms with Gasteiger partial charge in [-0.3, -0.25) is 4.79 Å². The molecule has 0 radical (unpaired) electrons. The minimum Gasteiger partial charge on any atom is -0.469 e. The third kappa shape index (κ3) is 4.28. The molecule has 1 aromatic heterocycles. The van der Waals surface area contributed by atoms with Crippen molar-refractivity contribution in [3.63, 3.8) is 0 Å². The van der Waals surface area contributed by atoms with Crippen LogP contribution in [0.3, 0.4) is 0 Å². The standard InChI is InChI=1S/C14H24N2O2S/c1-6-10(15)9(7-12(17)18-5)11-8-19-13(16-11)14(2,3)4/h8-10H,6-7,15H2,1-5H3. The molecule has 1 aromatic rings. The quantitative estimate of drug-likeness (QED) is 0.844. The van der Waals surface area contributed by atoms with Crippen molar-refractivity contribution in [2.24, 2.45) is 5.73 Å². The van der Waals surface area contributed by atoms with Crippen LogP contribution in [0.25, 0.3) is 0 Å². The first-order valence-corrected chi connectivity index (χ1v) is 7.45. The summed E-state index contributed by atoms with van der Waals surface area (Å²) in [5, 5.41) is 3.09. The second-order valence-corrected chi connectivity index (χ2v) is 6.64. The van der Waals surface area contributed by atoms with Gasteiger partial charge in [0.2, 0.25) is 0 Å². The first-order chi connectivity index (χ1) is 8.79. The van der Waals surface area contributed by atoms with E-state index < -0.39 is 0 Å². The third-order valence-corrected chi connectivity index (χ3v) is 4.43. The minimum atomic E-state index is -0.237. The van der Waals surface area contributed by atoms with Gasteiger partial charge in [0.25, 0.3) is 0 Å². The summed E-state index contributed by atoms with van der Waals surface area (Å²) in [6.45, 7) is 8.41. The van der Waals surface area contributed by atoms with E-state index in [-0.39, 0.29) is 23.3 Å². The molecule has 0 aromatic carbocycles. The van der Waals surface area contributed by atoms with Crippen molar-refractivity contribution in [2.45, 2.75) is 57.9 Å². The van der Waals surface area contributed by atoms with Gasteiger partial charge in [-0.05, 0) is 6.42 Å². The molecule has 1 rings (SSSR count). The zero-order chi connectivity index (χ0) is 14.6. The number of hydrogen-bond acceptors (Lipinski definition) is 5. The first-order valence-electron chi connectivity index (χ1n) is 6.57. The van der Waals surface area contributed by atoms with Gasteiger partial charge in [-0.1, -0.05) is 27.7 Å². The van der Waals surface area contributed by atoms with E-state index >= 15 is 0 Å². The zero-order valence-electron chi connectivity index (χ0n) is 12.4. The highest BCUT2D eigenvalue weighted by Gasteiger charge is 2.27. The fourth-order valence-electron chi connectivity index (χ4n) is 1.82. The fraction of sp³-hybridized carbons (Fsp3) is 0.714. The summed E-state index contributed by atoms with van der Waals surface area (Å²) in [5.74, 6) is -0.302. The number of ether oxygens (including phenoxy) is 1. The van der Waals surface area contributed by atoms with E-state index in [4.69, 9.17) is 10.5 Å². The minimum absolute atomic E-state index is 0.0229. The topological polar surface area (TPSA) is 65.2 Å². The van der Waals surface area contributed by atoms with E-state index in [1.54, 1.807) is 11.3 Å².